The van der Waals surface area contributed by atoms with Gasteiger partial charge in [0.15, 0.2) is 0 Å². The number of rotatable bonds is 6. The second-order valence-electron chi connectivity index (χ2n) is 3.84. The molecule has 0 saturated carbocycles. The number of aliphatic carboxylic acids is 1. The molecule has 0 saturated heterocycles. The molecule has 1 aromatic rings. The molecular weight excluding hydrogens is 204 g/mol. The van der Waals surface area contributed by atoms with Gasteiger partial charge in [-0.1, -0.05) is 31.5 Å². The first-order chi connectivity index (χ1) is 7.69. The fourth-order valence-electron chi connectivity index (χ4n) is 1.80. The Balaban J connectivity index is 2.80. The molecule has 1 aromatic carbocycles. The average Bonchev–Trinajstić information content (AvgIpc) is 2.29. The summed E-state index contributed by atoms with van der Waals surface area (Å²) in [5.74, 6) is -0.279. The standard InChI is InChI=1S/C13H18O3/c1-3-6-11(13(14)15)9-10-7-4-5-8-12(10)16-2/h4-5,7-8,11H,3,6,9H2,1-2H3,(H,14,15). The van der Waals surface area contributed by atoms with E-state index in [0.29, 0.717) is 12.8 Å². The van der Waals surface area contributed by atoms with Gasteiger partial charge in [0.25, 0.3) is 0 Å². The van der Waals surface area contributed by atoms with Crippen molar-refractivity contribution >= 4 is 5.97 Å². The second kappa shape index (κ2) is 6.16. The van der Waals surface area contributed by atoms with Crippen LogP contribution < -0.4 is 4.74 Å². The molecular formula is C13H18O3. The summed E-state index contributed by atoms with van der Waals surface area (Å²) in [6.45, 7) is 2.00. The van der Waals surface area contributed by atoms with Crippen LogP contribution in [0.4, 0.5) is 0 Å². The van der Waals surface area contributed by atoms with Crippen molar-refractivity contribution < 1.29 is 14.6 Å². The second-order valence-corrected chi connectivity index (χ2v) is 3.84. The van der Waals surface area contributed by atoms with Crippen LogP contribution >= 0.6 is 0 Å². The molecule has 16 heavy (non-hydrogen) atoms. The zero-order chi connectivity index (χ0) is 12.0. The Morgan fingerprint density at radius 1 is 1.44 bits per heavy atom. The lowest BCUT2D eigenvalue weighted by Gasteiger charge is -2.13. The predicted octanol–water partition coefficient (Wildman–Crippen LogP) is 2.74. The maximum atomic E-state index is 11.1. The molecule has 3 heteroatoms. The van der Waals surface area contributed by atoms with Crippen LogP contribution in [-0.4, -0.2) is 18.2 Å². The largest absolute Gasteiger partial charge is 0.496 e. The summed E-state index contributed by atoms with van der Waals surface area (Å²) in [5, 5.41) is 9.09. The van der Waals surface area contributed by atoms with E-state index >= 15 is 0 Å². The zero-order valence-corrected chi connectivity index (χ0v) is 9.77. The number of carboxylic acids is 1. The third-order valence-corrected chi connectivity index (χ3v) is 2.65. The molecule has 0 fully saturated rings. The predicted molar refractivity (Wildman–Crippen MR) is 62.7 cm³/mol. The van der Waals surface area contributed by atoms with Gasteiger partial charge in [-0.3, -0.25) is 4.79 Å². The topological polar surface area (TPSA) is 46.5 Å². The van der Waals surface area contributed by atoms with Crippen LogP contribution in [0.5, 0.6) is 5.75 Å². The van der Waals surface area contributed by atoms with Gasteiger partial charge in [0.2, 0.25) is 0 Å². The van der Waals surface area contributed by atoms with Gasteiger partial charge in [-0.25, -0.2) is 0 Å². The summed E-state index contributed by atoms with van der Waals surface area (Å²) in [4.78, 5) is 11.1. The summed E-state index contributed by atoms with van der Waals surface area (Å²) in [6, 6.07) is 7.57. The van der Waals surface area contributed by atoms with E-state index in [4.69, 9.17) is 9.84 Å². The number of hydrogen-bond donors (Lipinski definition) is 1. The van der Waals surface area contributed by atoms with Crippen LogP contribution in [0.2, 0.25) is 0 Å². The molecule has 1 rings (SSSR count). The van der Waals surface area contributed by atoms with Gasteiger partial charge in [0, 0.05) is 0 Å². The van der Waals surface area contributed by atoms with Gasteiger partial charge in [0.05, 0.1) is 13.0 Å². The van der Waals surface area contributed by atoms with Crippen molar-refractivity contribution in [3.8, 4) is 5.75 Å². The van der Waals surface area contributed by atoms with Crippen molar-refractivity contribution in [2.24, 2.45) is 5.92 Å². The molecule has 0 aromatic heterocycles. The fourth-order valence-corrected chi connectivity index (χ4v) is 1.80. The van der Waals surface area contributed by atoms with Gasteiger partial charge in [-0.15, -0.1) is 0 Å². The van der Waals surface area contributed by atoms with Gasteiger partial charge in [-0.2, -0.15) is 0 Å². The van der Waals surface area contributed by atoms with Gasteiger partial charge in [0.1, 0.15) is 5.75 Å². The molecule has 0 spiro atoms. The Morgan fingerprint density at radius 3 is 2.69 bits per heavy atom. The van der Waals surface area contributed by atoms with Crippen LogP contribution in [0.15, 0.2) is 24.3 Å². The number of methoxy groups -OCH3 is 1. The molecule has 0 aliphatic rings. The van der Waals surface area contributed by atoms with Crippen LogP contribution in [0, 0.1) is 5.92 Å². The van der Waals surface area contributed by atoms with E-state index in [2.05, 4.69) is 0 Å². The number of ether oxygens (including phenoxy) is 1. The number of hydrogen-bond acceptors (Lipinski definition) is 2. The molecule has 0 radical (unpaired) electrons. The third kappa shape index (κ3) is 3.26. The maximum Gasteiger partial charge on any atom is 0.306 e. The zero-order valence-electron chi connectivity index (χ0n) is 9.77. The van der Waals surface area contributed by atoms with Crippen LogP contribution in [-0.2, 0) is 11.2 Å². The first-order valence-electron chi connectivity index (χ1n) is 5.53. The van der Waals surface area contributed by atoms with Crippen LogP contribution in [0.25, 0.3) is 0 Å². The fraction of sp³-hybridized carbons (Fsp3) is 0.462. The molecule has 0 bridgehead atoms. The Hall–Kier alpha value is -1.51. The minimum absolute atomic E-state index is 0.318. The van der Waals surface area contributed by atoms with E-state index in [-0.39, 0.29) is 5.92 Å². The number of carboxylic acid groups (broad SMARTS) is 1. The monoisotopic (exact) mass is 222 g/mol. The van der Waals surface area contributed by atoms with Gasteiger partial charge >= 0.3 is 5.97 Å². The molecule has 1 unspecified atom stereocenters. The minimum atomic E-state index is -0.729. The van der Waals surface area contributed by atoms with Crippen LogP contribution in [0.3, 0.4) is 0 Å². The molecule has 3 nitrogen and oxygen atoms in total. The summed E-state index contributed by atoms with van der Waals surface area (Å²) in [5.41, 5.74) is 0.964. The van der Waals surface area contributed by atoms with Crippen molar-refractivity contribution in [1.29, 1.82) is 0 Å². The Morgan fingerprint density at radius 2 is 2.12 bits per heavy atom. The molecule has 0 heterocycles. The van der Waals surface area contributed by atoms with Crippen LogP contribution in [0.1, 0.15) is 25.3 Å². The van der Waals surface area contributed by atoms with Gasteiger partial charge < -0.3 is 9.84 Å². The van der Waals surface area contributed by atoms with Crippen molar-refractivity contribution in [3.05, 3.63) is 29.8 Å². The van der Waals surface area contributed by atoms with E-state index in [0.717, 1.165) is 17.7 Å². The van der Waals surface area contributed by atoms with E-state index in [1.807, 2.05) is 31.2 Å². The van der Waals surface area contributed by atoms with E-state index < -0.39 is 5.97 Å². The highest BCUT2D eigenvalue weighted by molar-refractivity contribution is 5.70. The summed E-state index contributed by atoms with van der Waals surface area (Å²) >= 11 is 0. The van der Waals surface area contributed by atoms with Crippen molar-refractivity contribution in [3.63, 3.8) is 0 Å². The summed E-state index contributed by atoms with van der Waals surface area (Å²) in [6.07, 6.45) is 2.12. The molecule has 0 aliphatic heterocycles. The SMILES string of the molecule is CCCC(Cc1ccccc1OC)C(=O)O. The average molecular weight is 222 g/mol. The smallest absolute Gasteiger partial charge is 0.306 e. The van der Waals surface area contributed by atoms with E-state index in [1.54, 1.807) is 7.11 Å². The highest BCUT2D eigenvalue weighted by Crippen LogP contribution is 2.23. The normalized spacial score (nSPS) is 12.1. The highest BCUT2D eigenvalue weighted by atomic mass is 16.5. The first kappa shape index (κ1) is 12.6. The Bertz CT molecular complexity index is 347. The molecule has 1 N–H and O–H groups in total. The number of benzene rings is 1. The number of carbonyl (C=O) groups is 1. The minimum Gasteiger partial charge on any atom is -0.496 e. The Labute approximate surface area is 96.1 Å². The van der Waals surface area contributed by atoms with E-state index in [1.165, 1.54) is 0 Å². The lowest BCUT2D eigenvalue weighted by molar-refractivity contribution is -0.141. The van der Waals surface area contributed by atoms with Crippen molar-refractivity contribution in [1.82, 2.24) is 0 Å². The lowest BCUT2D eigenvalue weighted by Crippen LogP contribution is -2.16. The molecule has 88 valence electrons. The summed E-state index contributed by atoms with van der Waals surface area (Å²) in [7, 11) is 1.61. The molecule has 0 amide bonds. The summed E-state index contributed by atoms with van der Waals surface area (Å²) < 4.78 is 5.21. The Kier molecular flexibility index (Phi) is 4.83. The van der Waals surface area contributed by atoms with E-state index in [9.17, 15) is 4.79 Å². The highest BCUT2D eigenvalue weighted by Gasteiger charge is 2.18. The van der Waals surface area contributed by atoms with Gasteiger partial charge in [-0.05, 0) is 24.5 Å². The lowest BCUT2D eigenvalue weighted by atomic mass is 9.95. The van der Waals surface area contributed by atoms with Crippen molar-refractivity contribution in [2.45, 2.75) is 26.2 Å². The van der Waals surface area contributed by atoms with Crippen molar-refractivity contribution in [2.75, 3.05) is 7.11 Å². The number of para-hydroxylation sites is 1. The third-order valence-electron chi connectivity index (χ3n) is 2.65. The maximum absolute atomic E-state index is 11.1. The molecule has 1 atom stereocenters. The first-order valence-corrected chi connectivity index (χ1v) is 5.53. The quantitative estimate of drug-likeness (QED) is 0.805. The molecule has 0 aliphatic carbocycles.